The van der Waals surface area contributed by atoms with E-state index in [2.05, 4.69) is 0 Å². The van der Waals surface area contributed by atoms with Crippen LogP contribution in [0, 0.1) is 5.82 Å². The zero-order valence-electron chi connectivity index (χ0n) is 10.2. The minimum atomic E-state index is -4.76. The molecular formula is C13H11F4NO2. The van der Waals surface area contributed by atoms with Crippen LogP contribution in [0.2, 0.25) is 0 Å². The normalized spacial score (nSPS) is 11.7. The topological polar surface area (TPSA) is 48.4 Å². The van der Waals surface area contributed by atoms with Gasteiger partial charge >= 0.3 is 6.18 Å². The highest BCUT2D eigenvalue weighted by Gasteiger charge is 2.34. The van der Waals surface area contributed by atoms with E-state index in [1.165, 1.54) is 0 Å². The highest BCUT2D eigenvalue weighted by atomic mass is 19.4. The summed E-state index contributed by atoms with van der Waals surface area (Å²) in [6, 6.07) is 5.70. The Bertz CT molecular complexity index is 592. The maximum atomic E-state index is 13.1. The van der Waals surface area contributed by atoms with Crippen LogP contribution in [0.3, 0.4) is 0 Å². The Morgan fingerprint density at radius 3 is 2.40 bits per heavy atom. The third-order valence-corrected chi connectivity index (χ3v) is 2.54. The molecule has 7 heteroatoms. The lowest BCUT2D eigenvalue weighted by molar-refractivity contribution is -0.140. The lowest BCUT2D eigenvalue weighted by Crippen LogP contribution is -2.08. The van der Waals surface area contributed by atoms with Gasteiger partial charge in [0.15, 0.2) is 0 Å². The van der Waals surface area contributed by atoms with Crippen molar-refractivity contribution < 1.29 is 26.7 Å². The van der Waals surface area contributed by atoms with Gasteiger partial charge in [0.05, 0.1) is 12.1 Å². The zero-order chi connectivity index (χ0) is 14.8. The fraction of sp³-hybridized carbons (Fsp3) is 0.231. The molecule has 0 unspecified atom stereocenters. The molecule has 2 aromatic rings. The van der Waals surface area contributed by atoms with E-state index in [0.29, 0.717) is 23.7 Å². The molecule has 0 bridgehead atoms. The first-order chi connectivity index (χ1) is 9.40. The Labute approximate surface area is 111 Å². The molecule has 1 aromatic carbocycles. The summed E-state index contributed by atoms with van der Waals surface area (Å²) in [7, 11) is 0. The molecule has 0 aliphatic carbocycles. The van der Waals surface area contributed by atoms with Gasteiger partial charge in [0.25, 0.3) is 0 Å². The van der Waals surface area contributed by atoms with Crippen LogP contribution >= 0.6 is 0 Å². The van der Waals surface area contributed by atoms with Gasteiger partial charge < -0.3 is 14.9 Å². The summed E-state index contributed by atoms with van der Waals surface area (Å²) in [4.78, 5) is 0. The molecule has 2 rings (SSSR count). The van der Waals surface area contributed by atoms with Crippen LogP contribution in [0.15, 0.2) is 34.7 Å². The SMILES string of the molecule is NCc1ccc(COc2ccc(F)c(C(F)(F)F)c2)o1. The summed E-state index contributed by atoms with van der Waals surface area (Å²) >= 11 is 0. The number of ether oxygens (including phenoxy) is 1. The van der Waals surface area contributed by atoms with Crippen LogP contribution in [0.4, 0.5) is 17.6 Å². The average molecular weight is 289 g/mol. The molecule has 20 heavy (non-hydrogen) atoms. The third-order valence-electron chi connectivity index (χ3n) is 2.54. The van der Waals surface area contributed by atoms with Crippen LogP contribution in [-0.2, 0) is 19.3 Å². The number of furan rings is 1. The van der Waals surface area contributed by atoms with Crippen LogP contribution in [-0.4, -0.2) is 0 Å². The van der Waals surface area contributed by atoms with Crippen LogP contribution in [0.1, 0.15) is 17.1 Å². The lowest BCUT2D eigenvalue weighted by Gasteiger charge is -2.10. The molecule has 0 saturated carbocycles. The van der Waals surface area contributed by atoms with Gasteiger partial charge in [-0.2, -0.15) is 13.2 Å². The van der Waals surface area contributed by atoms with Gasteiger partial charge in [0, 0.05) is 0 Å². The lowest BCUT2D eigenvalue weighted by atomic mass is 10.2. The fourth-order valence-corrected chi connectivity index (χ4v) is 1.58. The van der Waals surface area contributed by atoms with Crippen LogP contribution in [0.5, 0.6) is 5.75 Å². The molecule has 1 heterocycles. The van der Waals surface area contributed by atoms with Crippen molar-refractivity contribution in [2.24, 2.45) is 5.73 Å². The third kappa shape index (κ3) is 3.30. The van der Waals surface area contributed by atoms with Gasteiger partial charge in [-0.05, 0) is 30.3 Å². The maximum Gasteiger partial charge on any atom is 0.419 e. The second-order valence-corrected chi connectivity index (χ2v) is 4.00. The standard InChI is InChI=1S/C13H11F4NO2/c14-12-4-3-8(5-11(12)13(15,16)17)19-7-10-2-1-9(6-18)20-10/h1-5H,6-7,18H2. The molecule has 0 amide bonds. The summed E-state index contributed by atoms with van der Waals surface area (Å²) in [6.45, 7) is 0.150. The van der Waals surface area contributed by atoms with Crippen molar-refractivity contribution in [1.82, 2.24) is 0 Å². The number of halogens is 4. The molecule has 0 fully saturated rings. The number of nitrogens with two attached hydrogens (primary N) is 1. The largest absolute Gasteiger partial charge is 0.486 e. The molecule has 108 valence electrons. The summed E-state index contributed by atoms with van der Waals surface area (Å²) < 4.78 is 61.0. The van der Waals surface area contributed by atoms with Crippen LogP contribution < -0.4 is 10.5 Å². The number of hydrogen-bond donors (Lipinski definition) is 1. The second-order valence-electron chi connectivity index (χ2n) is 4.00. The number of alkyl halides is 3. The summed E-state index contributed by atoms with van der Waals surface area (Å²) in [6.07, 6.45) is -4.76. The molecule has 3 nitrogen and oxygen atoms in total. The van der Waals surface area contributed by atoms with Gasteiger partial charge in [0.1, 0.15) is 29.7 Å². The fourth-order valence-electron chi connectivity index (χ4n) is 1.58. The maximum absolute atomic E-state index is 13.1. The van der Waals surface area contributed by atoms with Gasteiger partial charge in [0.2, 0.25) is 0 Å². The second kappa shape index (κ2) is 5.54. The first-order valence-corrected chi connectivity index (χ1v) is 5.67. The quantitative estimate of drug-likeness (QED) is 0.877. The van der Waals surface area contributed by atoms with Gasteiger partial charge in [-0.3, -0.25) is 0 Å². The van der Waals surface area contributed by atoms with E-state index in [4.69, 9.17) is 14.9 Å². The Hall–Kier alpha value is -2.02. The van der Waals surface area contributed by atoms with Crippen molar-refractivity contribution in [2.45, 2.75) is 19.3 Å². The van der Waals surface area contributed by atoms with Crippen molar-refractivity contribution in [3.8, 4) is 5.75 Å². The van der Waals surface area contributed by atoms with E-state index >= 15 is 0 Å². The van der Waals surface area contributed by atoms with Crippen molar-refractivity contribution in [3.63, 3.8) is 0 Å². The van der Waals surface area contributed by atoms with E-state index in [0.717, 1.165) is 6.07 Å². The van der Waals surface area contributed by atoms with Crippen LogP contribution in [0.25, 0.3) is 0 Å². The monoisotopic (exact) mass is 289 g/mol. The first-order valence-electron chi connectivity index (χ1n) is 5.67. The smallest absolute Gasteiger partial charge is 0.419 e. The molecule has 0 aliphatic rings. The van der Waals surface area contributed by atoms with E-state index in [-0.39, 0.29) is 18.9 Å². The Morgan fingerprint density at radius 1 is 1.10 bits per heavy atom. The van der Waals surface area contributed by atoms with E-state index in [1.54, 1.807) is 12.1 Å². The molecule has 2 N–H and O–H groups in total. The van der Waals surface area contributed by atoms with Crippen molar-refractivity contribution in [3.05, 3.63) is 53.2 Å². The number of rotatable bonds is 4. The van der Waals surface area contributed by atoms with Crippen molar-refractivity contribution in [1.29, 1.82) is 0 Å². The van der Waals surface area contributed by atoms with E-state index in [9.17, 15) is 17.6 Å². The predicted octanol–water partition coefficient (Wildman–Crippen LogP) is 3.48. The van der Waals surface area contributed by atoms with Crippen molar-refractivity contribution >= 4 is 0 Å². The summed E-state index contributed by atoms with van der Waals surface area (Å²) in [5, 5.41) is 0. The molecule has 0 spiro atoms. The Kier molecular flexibility index (Phi) is 3.99. The predicted molar refractivity (Wildman–Crippen MR) is 62.3 cm³/mol. The highest BCUT2D eigenvalue weighted by Crippen LogP contribution is 2.33. The zero-order valence-corrected chi connectivity index (χ0v) is 10.2. The Balaban J connectivity index is 2.10. The molecular weight excluding hydrogens is 278 g/mol. The van der Waals surface area contributed by atoms with Crippen molar-refractivity contribution in [2.75, 3.05) is 0 Å². The summed E-state index contributed by atoms with van der Waals surface area (Å²) in [5.41, 5.74) is 3.99. The molecule has 0 saturated heterocycles. The summed E-state index contributed by atoms with van der Waals surface area (Å²) in [5.74, 6) is -0.472. The first kappa shape index (κ1) is 14.4. The number of hydrogen-bond acceptors (Lipinski definition) is 3. The molecule has 1 aromatic heterocycles. The average Bonchev–Trinajstić information content (AvgIpc) is 2.84. The minimum absolute atomic E-state index is 0.0665. The molecule has 0 atom stereocenters. The van der Waals surface area contributed by atoms with Gasteiger partial charge in [-0.25, -0.2) is 4.39 Å². The van der Waals surface area contributed by atoms with Gasteiger partial charge in [-0.1, -0.05) is 0 Å². The van der Waals surface area contributed by atoms with E-state index < -0.39 is 17.6 Å². The Morgan fingerprint density at radius 2 is 1.80 bits per heavy atom. The molecule has 0 radical (unpaired) electrons. The highest BCUT2D eigenvalue weighted by molar-refractivity contribution is 5.31. The number of benzene rings is 1. The molecule has 0 aliphatic heterocycles. The minimum Gasteiger partial charge on any atom is -0.486 e. The van der Waals surface area contributed by atoms with Gasteiger partial charge in [-0.15, -0.1) is 0 Å². The van der Waals surface area contributed by atoms with E-state index in [1.807, 2.05) is 0 Å².